The number of esters is 2. The molecule has 0 bridgehead atoms. The smallest absolute Gasteiger partial charge is 0.462 e. The van der Waals surface area contributed by atoms with Crippen molar-refractivity contribution in [1.29, 1.82) is 0 Å². The summed E-state index contributed by atoms with van der Waals surface area (Å²) in [6.07, 6.45) is 53.6. The zero-order chi connectivity index (χ0) is 44.6. The topological polar surface area (TPSA) is 134 Å². The van der Waals surface area contributed by atoms with Crippen LogP contribution in [0.4, 0.5) is 0 Å². The van der Waals surface area contributed by atoms with Crippen LogP contribution in [0.5, 0.6) is 0 Å². The fourth-order valence-electron chi connectivity index (χ4n) is 7.49. The summed E-state index contributed by atoms with van der Waals surface area (Å²) in [6.45, 7) is 3.75. The van der Waals surface area contributed by atoms with Gasteiger partial charge in [0.1, 0.15) is 6.61 Å². The lowest BCUT2D eigenvalue weighted by Gasteiger charge is -2.19. The SMILES string of the molecule is CCCCCC=CCC=CCCCCCCCCCCCC(=O)O[C@H](COC(=O)CCCCCCCCCCCCCCCCCCCCCCC)COP(=O)(O)OCCN. The Labute approximate surface area is 376 Å². The Morgan fingerprint density at radius 1 is 0.492 bits per heavy atom. The first-order valence-corrected chi connectivity index (χ1v) is 27.3. The van der Waals surface area contributed by atoms with E-state index in [2.05, 4.69) is 38.2 Å². The zero-order valence-corrected chi connectivity index (χ0v) is 40.8. The van der Waals surface area contributed by atoms with Crippen molar-refractivity contribution >= 4 is 19.8 Å². The first-order chi connectivity index (χ1) is 29.8. The summed E-state index contributed by atoms with van der Waals surface area (Å²) in [5.74, 6) is -0.819. The summed E-state index contributed by atoms with van der Waals surface area (Å²) in [5.41, 5.74) is 5.37. The van der Waals surface area contributed by atoms with Gasteiger partial charge >= 0.3 is 19.8 Å². The Balaban J connectivity index is 4.01. The molecular formula is C51H98NO8P. The van der Waals surface area contributed by atoms with Gasteiger partial charge in [0.05, 0.1) is 13.2 Å². The summed E-state index contributed by atoms with van der Waals surface area (Å²) < 4.78 is 32.9. The van der Waals surface area contributed by atoms with E-state index in [1.807, 2.05) is 0 Å². The van der Waals surface area contributed by atoms with Gasteiger partial charge in [0.15, 0.2) is 6.10 Å². The van der Waals surface area contributed by atoms with Crippen LogP contribution < -0.4 is 5.73 Å². The predicted molar refractivity (Wildman–Crippen MR) is 257 cm³/mol. The molecule has 2 atom stereocenters. The van der Waals surface area contributed by atoms with Gasteiger partial charge in [-0.3, -0.25) is 18.6 Å². The number of carbonyl (C=O) groups is 2. The Bertz CT molecular complexity index is 1050. The lowest BCUT2D eigenvalue weighted by Crippen LogP contribution is -2.29. The first-order valence-electron chi connectivity index (χ1n) is 25.8. The third-order valence-corrected chi connectivity index (χ3v) is 12.3. The molecule has 0 aromatic rings. The van der Waals surface area contributed by atoms with Crippen LogP contribution >= 0.6 is 7.82 Å². The van der Waals surface area contributed by atoms with Gasteiger partial charge in [0.2, 0.25) is 0 Å². The highest BCUT2D eigenvalue weighted by atomic mass is 31.2. The fourth-order valence-corrected chi connectivity index (χ4v) is 8.26. The molecule has 1 unspecified atom stereocenters. The number of rotatable bonds is 49. The molecule has 0 aromatic heterocycles. The van der Waals surface area contributed by atoms with Crippen molar-refractivity contribution in [2.75, 3.05) is 26.4 Å². The van der Waals surface area contributed by atoms with Crippen molar-refractivity contribution in [2.24, 2.45) is 5.73 Å². The van der Waals surface area contributed by atoms with E-state index < -0.39 is 26.5 Å². The zero-order valence-electron chi connectivity index (χ0n) is 39.9. The van der Waals surface area contributed by atoms with Crippen molar-refractivity contribution in [2.45, 2.75) is 264 Å². The maximum atomic E-state index is 12.6. The fraction of sp³-hybridized carbons (Fsp3) is 0.882. The summed E-state index contributed by atoms with van der Waals surface area (Å²) in [4.78, 5) is 35.1. The standard InChI is InChI=1S/C51H98NO8P/c1-3-5-7-9-11-13-15-17-19-21-23-24-26-27-29-31-33-35-37-39-41-43-50(53)57-47-49(48-59-61(55,56)58-46-45-52)60-51(54)44-42-40-38-36-34-32-30-28-25-22-20-18-16-14-12-10-8-6-4-2/h12,14,18,20,49H,3-11,13,15-17,19,21-48,52H2,1-2H3,(H,55,56)/t49-/m1/s1. The number of phosphoric ester groups is 1. The molecule has 61 heavy (non-hydrogen) atoms. The second kappa shape index (κ2) is 48.0. The summed E-state index contributed by atoms with van der Waals surface area (Å²) in [5, 5.41) is 0. The van der Waals surface area contributed by atoms with E-state index in [0.29, 0.717) is 6.42 Å². The number of ether oxygens (including phenoxy) is 2. The van der Waals surface area contributed by atoms with E-state index >= 15 is 0 Å². The molecule has 3 N–H and O–H groups in total. The molecule has 360 valence electrons. The van der Waals surface area contributed by atoms with E-state index in [1.165, 1.54) is 173 Å². The average Bonchev–Trinajstić information content (AvgIpc) is 3.25. The molecule has 0 aromatic carbocycles. The monoisotopic (exact) mass is 884 g/mol. The normalized spacial score (nSPS) is 13.3. The molecule has 0 radical (unpaired) electrons. The van der Waals surface area contributed by atoms with Crippen LogP contribution in [-0.4, -0.2) is 49.3 Å². The lowest BCUT2D eigenvalue weighted by atomic mass is 10.0. The molecule has 0 heterocycles. The second-order valence-corrected chi connectivity index (χ2v) is 18.9. The predicted octanol–water partition coefficient (Wildman–Crippen LogP) is 15.5. The van der Waals surface area contributed by atoms with Crippen LogP contribution in [0.15, 0.2) is 24.3 Å². The molecule has 0 rings (SSSR count). The average molecular weight is 884 g/mol. The van der Waals surface area contributed by atoms with Gasteiger partial charge in [-0.2, -0.15) is 0 Å². The quantitative estimate of drug-likeness (QED) is 0.0265. The van der Waals surface area contributed by atoms with Crippen LogP contribution in [0, 0.1) is 0 Å². The maximum Gasteiger partial charge on any atom is 0.472 e. The van der Waals surface area contributed by atoms with Gasteiger partial charge in [-0.25, -0.2) is 4.57 Å². The van der Waals surface area contributed by atoms with Crippen LogP contribution in [0.2, 0.25) is 0 Å². The van der Waals surface area contributed by atoms with E-state index in [1.54, 1.807) is 0 Å². The highest BCUT2D eigenvalue weighted by molar-refractivity contribution is 7.47. The molecule has 0 amide bonds. The van der Waals surface area contributed by atoms with Crippen molar-refractivity contribution in [3.05, 3.63) is 24.3 Å². The number of hydrogen-bond donors (Lipinski definition) is 2. The highest BCUT2D eigenvalue weighted by Crippen LogP contribution is 2.43. The van der Waals surface area contributed by atoms with Crippen molar-refractivity contribution in [3.8, 4) is 0 Å². The Kier molecular flexibility index (Phi) is 46.8. The number of carbonyl (C=O) groups excluding carboxylic acids is 2. The largest absolute Gasteiger partial charge is 0.472 e. The highest BCUT2D eigenvalue weighted by Gasteiger charge is 2.26. The number of phosphoric acid groups is 1. The molecule has 0 aliphatic heterocycles. The van der Waals surface area contributed by atoms with Gasteiger partial charge in [-0.15, -0.1) is 0 Å². The molecular weight excluding hydrogens is 786 g/mol. The van der Waals surface area contributed by atoms with Crippen LogP contribution in [-0.2, 0) is 32.7 Å². The molecule has 10 heteroatoms. The van der Waals surface area contributed by atoms with Gasteiger partial charge in [0, 0.05) is 19.4 Å². The Morgan fingerprint density at radius 3 is 1.28 bits per heavy atom. The number of nitrogens with two attached hydrogens (primary N) is 1. The van der Waals surface area contributed by atoms with Crippen molar-refractivity contribution < 1.29 is 37.6 Å². The lowest BCUT2D eigenvalue weighted by molar-refractivity contribution is -0.161. The third kappa shape index (κ3) is 47.8. The molecule has 0 saturated heterocycles. The van der Waals surface area contributed by atoms with Gasteiger partial charge < -0.3 is 20.1 Å². The van der Waals surface area contributed by atoms with E-state index in [-0.39, 0.29) is 38.6 Å². The van der Waals surface area contributed by atoms with Crippen molar-refractivity contribution in [1.82, 2.24) is 0 Å². The molecule has 0 saturated carbocycles. The summed E-state index contributed by atoms with van der Waals surface area (Å²) >= 11 is 0. The number of unbranched alkanes of at least 4 members (excludes halogenated alkanes) is 32. The van der Waals surface area contributed by atoms with Crippen molar-refractivity contribution in [3.63, 3.8) is 0 Å². The maximum absolute atomic E-state index is 12.6. The van der Waals surface area contributed by atoms with Gasteiger partial charge in [0.25, 0.3) is 0 Å². The third-order valence-electron chi connectivity index (χ3n) is 11.3. The minimum Gasteiger partial charge on any atom is -0.462 e. The van der Waals surface area contributed by atoms with E-state index in [9.17, 15) is 19.0 Å². The van der Waals surface area contributed by atoms with Crippen LogP contribution in [0.25, 0.3) is 0 Å². The molecule has 0 fully saturated rings. The molecule has 0 spiro atoms. The van der Waals surface area contributed by atoms with Crippen LogP contribution in [0.1, 0.15) is 258 Å². The molecule has 0 aliphatic carbocycles. The molecule has 9 nitrogen and oxygen atoms in total. The van der Waals surface area contributed by atoms with E-state index in [4.69, 9.17) is 24.3 Å². The van der Waals surface area contributed by atoms with Crippen LogP contribution in [0.3, 0.4) is 0 Å². The van der Waals surface area contributed by atoms with Gasteiger partial charge in [-0.1, -0.05) is 224 Å². The Hall–Kier alpha value is -1.51. The second-order valence-electron chi connectivity index (χ2n) is 17.4. The molecule has 0 aliphatic rings. The minimum atomic E-state index is -4.38. The Morgan fingerprint density at radius 2 is 0.852 bits per heavy atom. The first kappa shape index (κ1) is 59.5. The minimum absolute atomic E-state index is 0.0546. The summed E-state index contributed by atoms with van der Waals surface area (Å²) in [6, 6.07) is 0. The number of allylic oxidation sites excluding steroid dienone is 4. The number of hydrogen-bond acceptors (Lipinski definition) is 8. The van der Waals surface area contributed by atoms with Gasteiger partial charge in [-0.05, 0) is 44.9 Å². The van der Waals surface area contributed by atoms with E-state index in [0.717, 1.165) is 51.4 Å². The summed E-state index contributed by atoms with van der Waals surface area (Å²) in [7, 11) is -4.38.